The van der Waals surface area contributed by atoms with E-state index in [9.17, 15) is 13.2 Å². The van der Waals surface area contributed by atoms with E-state index in [1.807, 2.05) is 0 Å². The van der Waals surface area contributed by atoms with E-state index in [0.29, 0.717) is 11.8 Å². The SMILES string of the molecule is NC12CCC(c3nnc([C@H]4C[C@@H](OC(F)(F)F)C4)o3)(CC1)CC2. The first kappa shape index (κ1) is 15.4. The van der Waals surface area contributed by atoms with Crippen molar-refractivity contribution < 1.29 is 22.3 Å². The second-order valence-electron chi connectivity index (χ2n) is 7.44. The molecule has 0 radical (unpaired) electrons. The molecule has 0 amide bonds. The lowest BCUT2D eigenvalue weighted by Gasteiger charge is -2.49. The van der Waals surface area contributed by atoms with Gasteiger partial charge < -0.3 is 10.2 Å². The second kappa shape index (κ2) is 4.92. The Morgan fingerprint density at radius 1 is 1.04 bits per heavy atom. The molecule has 8 heteroatoms. The smallest absolute Gasteiger partial charge is 0.424 e. The molecule has 2 N–H and O–H groups in total. The fraction of sp³-hybridized carbons (Fsp3) is 0.867. The number of nitrogens with two attached hydrogens (primary N) is 1. The van der Waals surface area contributed by atoms with E-state index >= 15 is 0 Å². The summed E-state index contributed by atoms with van der Waals surface area (Å²) in [6, 6.07) is 0. The maximum absolute atomic E-state index is 12.2. The van der Waals surface area contributed by atoms with Crippen LogP contribution in [0, 0.1) is 0 Å². The molecule has 0 spiro atoms. The summed E-state index contributed by atoms with van der Waals surface area (Å²) >= 11 is 0. The predicted octanol–water partition coefficient (Wildman–Crippen LogP) is 3.16. The highest BCUT2D eigenvalue weighted by Gasteiger charge is 2.51. The largest absolute Gasteiger partial charge is 0.522 e. The summed E-state index contributed by atoms with van der Waals surface area (Å²) in [7, 11) is 0. The summed E-state index contributed by atoms with van der Waals surface area (Å²) in [4.78, 5) is 0. The minimum Gasteiger partial charge on any atom is -0.424 e. The van der Waals surface area contributed by atoms with Gasteiger partial charge in [0, 0.05) is 16.9 Å². The van der Waals surface area contributed by atoms with Crippen molar-refractivity contribution in [2.75, 3.05) is 0 Å². The minimum atomic E-state index is -4.58. The van der Waals surface area contributed by atoms with Crippen molar-refractivity contribution in [3.8, 4) is 0 Å². The van der Waals surface area contributed by atoms with E-state index in [4.69, 9.17) is 10.2 Å². The summed E-state index contributed by atoms with van der Waals surface area (Å²) in [6.07, 6.45) is 0.950. The third kappa shape index (κ3) is 2.76. The van der Waals surface area contributed by atoms with E-state index in [1.165, 1.54) is 0 Å². The van der Waals surface area contributed by atoms with Crippen molar-refractivity contribution in [2.24, 2.45) is 5.73 Å². The normalized spacial score (nSPS) is 40.2. The zero-order chi connectivity index (χ0) is 16.3. The Hall–Kier alpha value is -1.15. The number of nitrogens with zero attached hydrogens (tertiary/aromatic N) is 2. The van der Waals surface area contributed by atoms with E-state index in [-0.39, 0.29) is 29.7 Å². The van der Waals surface area contributed by atoms with Crippen LogP contribution in [0.5, 0.6) is 0 Å². The number of hydrogen-bond acceptors (Lipinski definition) is 5. The Bertz CT molecular complexity index is 571. The zero-order valence-electron chi connectivity index (χ0n) is 12.7. The Morgan fingerprint density at radius 2 is 1.65 bits per heavy atom. The lowest BCUT2D eigenvalue weighted by Crippen LogP contribution is -2.53. The molecule has 0 saturated heterocycles. The molecular formula is C15H20F3N3O2. The molecule has 5 nitrogen and oxygen atoms in total. The number of ether oxygens (including phenoxy) is 1. The van der Waals surface area contributed by atoms with Crippen LogP contribution in [-0.4, -0.2) is 28.2 Å². The fourth-order valence-electron chi connectivity index (χ4n) is 4.20. The Labute approximate surface area is 131 Å². The van der Waals surface area contributed by atoms with Crippen LogP contribution in [0.2, 0.25) is 0 Å². The van der Waals surface area contributed by atoms with E-state index in [1.54, 1.807) is 0 Å². The van der Waals surface area contributed by atoms with Gasteiger partial charge in [-0.2, -0.15) is 0 Å². The van der Waals surface area contributed by atoms with Crippen LogP contribution in [0.15, 0.2) is 4.42 Å². The molecule has 0 aromatic carbocycles. The molecule has 0 atom stereocenters. The van der Waals surface area contributed by atoms with Gasteiger partial charge in [-0.15, -0.1) is 23.4 Å². The van der Waals surface area contributed by atoms with Crippen molar-refractivity contribution in [2.45, 2.75) is 80.7 Å². The van der Waals surface area contributed by atoms with Crippen LogP contribution in [-0.2, 0) is 10.2 Å². The van der Waals surface area contributed by atoms with Gasteiger partial charge in [-0.1, -0.05) is 0 Å². The molecule has 4 fully saturated rings. The van der Waals surface area contributed by atoms with Gasteiger partial charge in [0.2, 0.25) is 11.8 Å². The molecule has 5 rings (SSSR count). The number of rotatable bonds is 3. The molecule has 1 aromatic heterocycles. The van der Waals surface area contributed by atoms with Gasteiger partial charge >= 0.3 is 6.36 Å². The summed E-state index contributed by atoms with van der Waals surface area (Å²) in [5.74, 6) is 0.974. The van der Waals surface area contributed by atoms with Crippen LogP contribution in [0.3, 0.4) is 0 Å². The maximum Gasteiger partial charge on any atom is 0.522 e. The average Bonchev–Trinajstić information content (AvgIpc) is 2.93. The first-order valence-electron chi connectivity index (χ1n) is 8.14. The number of halogens is 3. The van der Waals surface area contributed by atoms with Gasteiger partial charge in [0.05, 0.1) is 6.10 Å². The first-order valence-corrected chi connectivity index (χ1v) is 8.14. The van der Waals surface area contributed by atoms with Crippen molar-refractivity contribution in [3.05, 3.63) is 11.8 Å². The highest BCUT2D eigenvalue weighted by molar-refractivity contribution is 5.15. The van der Waals surface area contributed by atoms with Crippen LogP contribution < -0.4 is 5.73 Å². The predicted molar refractivity (Wildman–Crippen MR) is 73.5 cm³/mol. The molecule has 1 heterocycles. The molecule has 0 aliphatic heterocycles. The number of fused-ring (bicyclic) bond motifs is 3. The summed E-state index contributed by atoms with van der Waals surface area (Å²) in [5.41, 5.74) is 6.21. The molecular weight excluding hydrogens is 311 g/mol. The van der Waals surface area contributed by atoms with Crippen LogP contribution in [0.1, 0.15) is 69.1 Å². The number of hydrogen-bond donors (Lipinski definition) is 1. The van der Waals surface area contributed by atoms with E-state index < -0.39 is 12.5 Å². The van der Waals surface area contributed by atoms with Gasteiger partial charge in [0.1, 0.15) is 0 Å². The van der Waals surface area contributed by atoms with Gasteiger partial charge in [-0.05, 0) is 51.4 Å². The van der Waals surface area contributed by atoms with Gasteiger partial charge in [0.25, 0.3) is 0 Å². The summed E-state index contributed by atoms with van der Waals surface area (Å²) in [6.45, 7) is 0. The molecule has 4 saturated carbocycles. The lowest BCUT2D eigenvalue weighted by atomic mass is 9.57. The molecule has 2 bridgehead atoms. The molecule has 128 valence electrons. The quantitative estimate of drug-likeness (QED) is 0.921. The van der Waals surface area contributed by atoms with Crippen LogP contribution in [0.25, 0.3) is 0 Å². The Morgan fingerprint density at radius 3 is 2.22 bits per heavy atom. The topological polar surface area (TPSA) is 74.2 Å². The average molecular weight is 331 g/mol. The summed E-state index contributed by atoms with van der Waals surface area (Å²) < 4.78 is 46.3. The lowest BCUT2D eigenvalue weighted by molar-refractivity contribution is -0.352. The first-order chi connectivity index (χ1) is 10.8. The van der Waals surface area contributed by atoms with Gasteiger partial charge in [-0.25, -0.2) is 0 Å². The van der Waals surface area contributed by atoms with Crippen LogP contribution in [0.4, 0.5) is 13.2 Å². The van der Waals surface area contributed by atoms with Gasteiger partial charge in [0.15, 0.2) is 0 Å². The number of aromatic nitrogens is 2. The minimum absolute atomic E-state index is 0.0271. The zero-order valence-corrected chi connectivity index (χ0v) is 12.7. The molecule has 0 unspecified atom stereocenters. The molecule has 23 heavy (non-hydrogen) atoms. The Balaban J connectivity index is 1.41. The third-order valence-corrected chi connectivity index (χ3v) is 5.94. The highest BCUT2D eigenvalue weighted by atomic mass is 19.4. The molecule has 4 aliphatic rings. The fourth-order valence-corrected chi connectivity index (χ4v) is 4.20. The van der Waals surface area contributed by atoms with Crippen LogP contribution >= 0.6 is 0 Å². The van der Waals surface area contributed by atoms with Gasteiger partial charge in [-0.3, -0.25) is 4.74 Å². The Kier molecular flexibility index (Phi) is 3.29. The molecule has 4 aliphatic carbocycles. The monoisotopic (exact) mass is 331 g/mol. The van der Waals surface area contributed by atoms with Crippen molar-refractivity contribution in [1.82, 2.24) is 10.2 Å². The second-order valence-corrected chi connectivity index (χ2v) is 7.44. The highest BCUT2D eigenvalue weighted by Crippen LogP contribution is 2.52. The van der Waals surface area contributed by atoms with Crippen molar-refractivity contribution in [3.63, 3.8) is 0 Å². The van der Waals surface area contributed by atoms with E-state index in [0.717, 1.165) is 38.5 Å². The van der Waals surface area contributed by atoms with Crippen molar-refractivity contribution in [1.29, 1.82) is 0 Å². The molecule has 1 aromatic rings. The third-order valence-electron chi connectivity index (χ3n) is 5.94. The summed E-state index contributed by atoms with van der Waals surface area (Å²) in [5, 5.41) is 8.30. The van der Waals surface area contributed by atoms with E-state index in [2.05, 4.69) is 14.9 Å². The maximum atomic E-state index is 12.2. The number of alkyl halides is 3. The standard InChI is InChI=1S/C15H20F3N3O2/c16-15(17,18)23-10-7-9(8-10)11-20-21-12(22-11)13-1-4-14(19,5-2-13)6-3-13/h9-10H,1-8,19H2/t9-,10+,13?,14?. The van der Waals surface area contributed by atoms with Crippen molar-refractivity contribution >= 4 is 0 Å².